The third-order valence-electron chi connectivity index (χ3n) is 6.10. The van der Waals surface area contributed by atoms with Crippen LogP contribution >= 0.6 is 0 Å². The average Bonchev–Trinajstić information content (AvgIpc) is 2.86. The predicted octanol–water partition coefficient (Wildman–Crippen LogP) is 3.59. The number of hydrogen-bond donors (Lipinski definition) is 1. The summed E-state index contributed by atoms with van der Waals surface area (Å²) in [6, 6.07) is 19.3. The van der Waals surface area contributed by atoms with Gasteiger partial charge in [0.15, 0.2) is 0 Å². The molecular formula is C28H32FN3O4S. The number of carbonyl (C=O) groups is 2. The van der Waals surface area contributed by atoms with Crippen molar-refractivity contribution in [3.05, 3.63) is 101 Å². The molecule has 0 saturated heterocycles. The van der Waals surface area contributed by atoms with Crippen molar-refractivity contribution in [2.45, 2.75) is 32.9 Å². The number of benzene rings is 3. The molecule has 3 aromatic carbocycles. The summed E-state index contributed by atoms with van der Waals surface area (Å²) in [4.78, 5) is 28.3. The summed E-state index contributed by atoms with van der Waals surface area (Å²) < 4.78 is 40.3. The number of amides is 2. The molecule has 0 fully saturated rings. The molecule has 3 aromatic rings. The normalized spacial score (nSPS) is 12.0. The lowest BCUT2D eigenvalue weighted by Crippen LogP contribution is -2.53. The Labute approximate surface area is 218 Å². The van der Waals surface area contributed by atoms with Gasteiger partial charge in [-0.2, -0.15) is 0 Å². The van der Waals surface area contributed by atoms with Gasteiger partial charge in [-0.05, 0) is 54.3 Å². The molecule has 0 bridgehead atoms. The van der Waals surface area contributed by atoms with Crippen molar-refractivity contribution in [3.8, 4) is 0 Å². The Kier molecular flexibility index (Phi) is 9.04. The number of rotatable bonds is 10. The van der Waals surface area contributed by atoms with Crippen molar-refractivity contribution in [1.29, 1.82) is 0 Å². The van der Waals surface area contributed by atoms with Crippen LogP contribution in [-0.4, -0.2) is 51.0 Å². The zero-order chi connectivity index (χ0) is 27.2. The molecule has 9 heteroatoms. The van der Waals surface area contributed by atoms with Crippen LogP contribution in [0.2, 0.25) is 0 Å². The molecule has 0 radical (unpaired) electrons. The minimum atomic E-state index is -3.84. The molecule has 196 valence electrons. The van der Waals surface area contributed by atoms with Gasteiger partial charge in [0, 0.05) is 20.0 Å². The largest absolute Gasteiger partial charge is 0.357 e. The van der Waals surface area contributed by atoms with E-state index in [0.29, 0.717) is 16.8 Å². The fourth-order valence-electron chi connectivity index (χ4n) is 4.09. The molecule has 0 aliphatic heterocycles. The van der Waals surface area contributed by atoms with Gasteiger partial charge in [-0.1, -0.05) is 54.6 Å². The van der Waals surface area contributed by atoms with Crippen molar-refractivity contribution < 1.29 is 22.4 Å². The topological polar surface area (TPSA) is 86.8 Å². The Bertz CT molecular complexity index is 1350. The van der Waals surface area contributed by atoms with Crippen molar-refractivity contribution in [2.75, 3.05) is 24.2 Å². The number of halogens is 1. The first-order valence-corrected chi connectivity index (χ1v) is 13.7. The van der Waals surface area contributed by atoms with Crippen LogP contribution < -0.4 is 9.62 Å². The van der Waals surface area contributed by atoms with E-state index in [9.17, 15) is 22.4 Å². The van der Waals surface area contributed by atoms with Crippen molar-refractivity contribution >= 4 is 27.5 Å². The highest BCUT2D eigenvalue weighted by atomic mass is 32.2. The maximum atomic E-state index is 13.9. The van der Waals surface area contributed by atoms with E-state index in [-0.39, 0.29) is 13.0 Å². The van der Waals surface area contributed by atoms with Gasteiger partial charge in [0.25, 0.3) is 0 Å². The number of aryl methyl sites for hydroxylation is 2. The minimum absolute atomic E-state index is 0.00552. The summed E-state index contributed by atoms with van der Waals surface area (Å²) in [5.41, 5.74) is 3.38. The molecule has 0 heterocycles. The lowest BCUT2D eigenvalue weighted by Gasteiger charge is -2.33. The van der Waals surface area contributed by atoms with Gasteiger partial charge in [-0.3, -0.25) is 13.9 Å². The summed E-state index contributed by atoms with van der Waals surface area (Å²) in [6.07, 6.45) is 1.27. The second kappa shape index (κ2) is 12.0. The molecule has 0 aliphatic rings. The Morgan fingerprint density at radius 3 is 2.19 bits per heavy atom. The Morgan fingerprint density at radius 1 is 0.946 bits per heavy atom. The molecule has 1 atom stereocenters. The van der Waals surface area contributed by atoms with E-state index in [2.05, 4.69) is 5.32 Å². The van der Waals surface area contributed by atoms with Crippen molar-refractivity contribution in [2.24, 2.45) is 0 Å². The molecular weight excluding hydrogens is 493 g/mol. The van der Waals surface area contributed by atoms with Gasteiger partial charge in [0.1, 0.15) is 18.4 Å². The molecule has 3 rings (SSSR count). The summed E-state index contributed by atoms with van der Waals surface area (Å²) in [5.74, 6) is -1.37. The van der Waals surface area contributed by atoms with Crippen LogP contribution in [0.1, 0.15) is 22.3 Å². The summed E-state index contributed by atoms with van der Waals surface area (Å²) >= 11 is 0. The molecule has 0 aromatic heterocycles. The van der Waals surface area contributed by atoms with E-state index in [0.717, 1.165) is 21.7 Å². The van der Waals surface area contributed by atoms with E-state index < -0.39 is 40.2 Å². The Morgan fingerprint density at radius 2 is 1.59 bits per heavy atom. The van der Waals surface area contributed by atoms with Gasteiger partial charge in [0.2, 0.25) is 21.8 Å². The standard InChI is InChI=1S/C28H32FN3O4S/c1-20-10-11-21(2)25(16-20)32(37(4,35)36)19-27(33)31(18-23-12-14-24(29)15-13-23)26(28(34)30-3)17-22-8-6-5-7-9-22/h5-16,26H,17-19H2,1-4H3,(H,30,34). The SMILES string of the molecule is CNC(=O)C(Cc1ccccc1)N(Cc1ccc(F)cc1)C(=O)CN(c1cc(C)ccc1C)S(C)(=O)=O. The van der Waals surface area contributed by atoms with E-state index in [1.807, 2.05) is 43.3 Å². The van der Waals surface area contributed by atoms with Crippen LogP contribution in [-0.2, 0) is 32.6 Å². The quantitative estimate of drug-likeness (QED) is 0.438. The smallest absolute Gasteiger partial charge is 0.244 e. The average molecular weight is 526 g/mol. The van der Waals surface area contributed by atoms with Gasteiger partial charge in [-0.15, -0.1) is 0 Å². The highest BCUT2D eigenvalue weighted by Crippen LogP contribution is 2.25. The number of anilines is 1. The van der Waals surface area contributed by atoms with Crippen LogP contribution in [0.25, 0.3) is 0 Å². The fraction of sp³-hybridized carbons (Fsp3) is 0.286. The van der Waals surface area contributed by atoms with Crippen LogP contribution in [0.4, 0.5) is 10.1 Å². The first kappa shape index (κ1) is 27.9. The van der Waals surface area contributed by atoms with E-state index in [1.54, 1.807) is 19.1 Å². The maximum absolute atomic E-state index is 13.9. The van der Waals surface area contributed by atoms with Gasteiger partial charge in [0.05, 0.1) is 11.9 Å². The summed E-state index contributed by atoms with van der Waals surface area (Å²) in [5, 5.41) is 2.62. The minimum Gasteiger partial charge on any atom is -0.357 e. The molecule has 0 spiro atoms. The Balaban J connectivity index is 2.04. The summed E-state index contributed by atoms with van der Waals surface area (Å²) in [6.45, 7) is 3.12. The van der Waals surface area contributed by atoms with Crippen molar-refractivity contribution in [3.63, 3.8) is 0 Å². The molecule has 7 nitrogen and oxygen atoms in total. The second-order valence-electron chi connectivity index (χ2n) is 9.03. The fourth-order valence-corrected chi connectivity index (χ4v) is 4.99. The predicted molar refractivity (Wildman–Crippen MR) is 143 cm³/mol. The number of nitrogens with one attached hydrogen (secondary N) is 1. The van der Waals surface area contributed by atoms with Crippen LogP contribution in [0, 0.1) is 19.7 Å². The third kappa shape index (κ3) is 7.39. The number of nitrogens with zero attached hydrogens (tertiary/aromatic N) is 2. The van der Waals surface area contributed by atoms with E-state index >= 15 is 0 Å². The van der Waals surface area contributed by atoms with E-state index in [1.165, 1.54) is 36.2 Å². The lowest BCUT2D eigenvalue weighted by molar-refractivity contribution is -0.139. The summed E-state index contributed by atoms with van der Waals surface area (Å²) in [7, 11) is -2.35. The zero-order valence-electron chi connectivity index (χ0n) is 21.4. The molecule has 0 saturated carbocycles. The van der Waals surface area contributed by atoms with Crippen LogP contribution in [0.5, 0.6) is 0 Å². The first-order chi connectivity index (χ1) is 17.5. The van der Waals surface area contributed by atoms with Gasteiger partial charge in [-0.25, -0.2) is 12.8 Å². The monoisotopic (exact) mass is 525 g/mol. The number of carbonyl (C=O) groups excluding carboxylic acids is 2. The highest BCUT2D eigenvalue weighted by Gasteiger charge is 2.33. The molecule has 2 amide bonds. The molecule has 37 heavy (non-hydrogen) atoms. The first-order valence-electron chi connectivity index (χ1n) is 11.8. The van der Waals surface area contributed by atoms with Crippen LogP contribution in [0.3, 0.4) is 0 Å². The number of likely N-dealkylation sites (N-methyl/N-ethyl adjacent to an activating group) is 1. The second-order valence-corrected chi connectivity index (χ2v) is 10.9. The highest BCUT2D eigenvalue weighted by molar-refractivity contribution is 7.92. The zero-order valence-corrected chi connectivity index (χ0v) is 22.3. The third-order valence-corrected chi connectivity index (χ3v) is 7.22. The molecule has 0 aliphatic carbocycles. The molecule has 1 N–H and O–H groups in total. The lowest BCUT2D eigenvalue weighted by atomic mass is 10.0. The van der Waals surface area contributed by atoms with Crippen LogP contribution in [0.15, 0.2) is 72.8 Å². The number of sulfonamides is 1. The molecule has 1 unspecified atom stereocenters. The van der Waals surface area contributed by atoms with Crippen molar-refractivity contribution in [1.82, 2.24) is 10.2 Å². The maximum Gasteiger partial charge on any atom is 0.244 e. The van der Waals surface area contributed by atoms with Gasteiger partial charge >= 0.3 is 0 Å². The Hall–Kier alpha value is -3.72. The van der Waals surface area contributed by atoms with Gasteiger partial charge < -0.3 is 10.2 Å². The van der Waals surface area contributed by atoms with E-state index in [4.69, 9.17) is 0 Å². The number of hydrogen-bond acceptors (Lipinski definition) is 4.